The van der Waals surface area contributed by atoms with Crippen molar-refractivity contribution < 1.29 is 19.5 Å². The number of carboxylic acid groups (broad SMARTS) is 1. The summed E-state index contributed by atoms with van der Waals surface area (Å²) in [5.41, 5.74) is 5.19. The van der Waals surface area contributed by atoms with Crippen LogP contribution in [0.5, 0.6) is 0 Å². The number of carbonyl (C=O) groups excluding carboxylic acids is 2. The normalized spacial score (nSPS) is 18.8. The number of aliphatic carboxylic acids is 1. The highest BCUT2D eigenvalue weighted by molar-refractivity contribution is 5.97. The monoisotopic (exact) mass is 662 g/mol. The van der Waals surface area contributed by atoms with E-state index >= 15 is 0 Å². The van der Waals surface area contributed by atoms with E-state index in [1.165, 1.54) is 48.8 Å². The number of amides is 2. The lowest BCUT2D eigenvalue weighted by molar-refractivity contribution is -0.153. The minimum Gasteiger partial charge on any atom is -0.481 e. The number of rotatable bonds is 10. The smallest absolute Gasteiger partial charge is 0.310 e. The van der Waals surface area contributed by atoms with E-state index in [2.05, 4.69) is 51.6 Å². The zero-order valence-corrected chi connectivity index (χ0v) is 28.8. The first kappa shape index (κ1) is 34.0. The Morgan fingerprint density at radius 1 is 0.878 bits per heavy atom. The van der Waals surface area contributed by atoms with Crippen LogP contribution in [0.1, 0.15) is 87.2 Å². The van der Waals surface area contributed by atoms with E-state index in [4.69, 9.17) is 0 Å². The van der Waals surface area contributed by atoms with Crippen LogP contribution in [0.15, 0.2) is 73.3 Å². The number of carbonyl (C=O) groups is 3. The average molecular weight is 663 g/mol. The van der Waals surface area contributed by atoms with Gasteiger partial charge in [0.15, 0.2) is 5.82 Å². The van der Waals surface area contributed by atoms with Crippen LogP contribution in [-0.4, -0.2) is 66.7 Å². The molecule has 1 atom stereocenters. The van der Waals surface area contributed by atoms with Crippen LogP contribution in [-0.2, 0) is 21.5 Å². The largest absolute Gasteiger partial charge is 0.481 e. The molecule has 2 aliphatic rings. The van der Waals surface area contributed by atoms with Crippen LogP contribution in [0.25, 0.3) is 22.5 Å². The fourth-order valence-electron chi connectivity index (χ4n) is 6.79. The Morgan fingerprint density at radius 2 is 1.51 bits per heavy atom. The van der Waals surface area contributed by atoms with E-state index in [9.17, 15) is 19.5 Å². The summed E-state index contributed by atoms with van der Waals surface area (Å²) in [5.74, 6) is -0.110. The second kappa shape index (κ2) is 14.3. The van der Waals surface area contributed by atoms with Crippen molar-refractivity contribution in [2.75, 3.05) is 13.1 Å². The van der Waals surface area contributed by atoms with Crippen molar-refractivity contribution in [3.05, 3.63) is 90.0 Å². The predicted molar refractivity (Wildman–Crippen MR) is 188 cm³/mol. The lowest BCUT2D eigenvalue weighted by Gasteiger charge is -2.38. The zero-order chi connectivity index (χ0) is 34.7. The Balaban J connectivity index is 1.11. The van der Waals surface area contributed by atoms with Gasteiger partial charge in [0.1, 0.15) is 6.04 Å². The first-order chi connectivity index (χ1) is 23.5. The second-order valence-electron chi connectivity index (χ2n) is 14.6. The number of nitrogens with zero attached hydrogens (tertiary/aromatic N) is 5. The fraction of sp³-hybridized carbons (Fsp3) is 0.436. The molecule has 1 saturated heterocycles. The molecule has 1 aliphatic heterocycles. The molecule has 0 spiro atoms. The summed E-state index contributed by atoms with van der Waals surface area (Å²) in [6, 6.07) is 15.6. The minimum absolute atomic E-state index is 0.124. The molecule has 0 bridgehead atoms. The molecule has 2 fully saturated rings. The summed E-state index contributed by atoms with van der Waals surface area (Å²) < 4.78 is 1.70. The molecule has 6 rings (SSSR count). The van der Waals surface area contributed by atoms with E-state index in [-0.39, 0.29) is 31.0 Å². The van der Waals surface area contributed by atoms with E-state index in [1.54, 1.807) is 10.9 Å². The molecule has 0 radical (unpaired) electrons. The molecule has 49 heavy (non-hydrogen) atoms. The van der Waals surface area contributed by atoms with Gasteiger partial charge < -0.3 is 15.3 Å². The molecule has 2 aromatic carbocycles. The molecule has 1 aliphatic carbocycles. The summed E-state index contributed by atoms with van der Waals surface area (Å²) in [5, 5.41) is 16.5. The van der Waals surface area contributed by atoms with Crippen molar-refractivity contribution in [3.63, 3.8) is 0 Å². The fourth-order valence-corrected chi connectivity index (χ4v) is 6.79. The maximum Gasteiger partial charge on any atom is 0.310 e. The summed E-state index contributed by atoms with van der Waals surface area (Å²) >= 11 is 0. The molecule has 2 amide bonds. The number of hydrogen-bond donors (Lipinski definition) is 2. The highest BCUT2D eigenvalue weighted by atomic mass is 16.4. The van der Waals surface area contributed by atoms with Crippen LogP contribution in [0.3, 0.4) is 0 Å². The molecular weight excluding hydrogens is 616 g/mol. The number of hydrogen-bond acceptors (Lipinski definition) is 6. The lowest BCUT2D eigenvalue weighted by Crippen LogP contribution is -2.59. The van der Waals surface area contributed by atoms with Gasteiger partial charge in [0.2, 0.25) is 5.91 Å². The standard InChI is InChI=1S/C39H46N6O4/c1-5-25-6-10-27(11-7-25)28-14-16-29(17-15-28)31-19-40-35(41-20-31)30-12-8-26(9-13-30)18-34(37(47)44-22-33(23-44)38(48)49)43-36(46)32-21-42-45(24-32)39(2,3)4/h8-9,12-17,19-21,24-25,27,33-34H,5-7,10-11,18,22-23H2,1-4H3,(H,43,46)(H,48,49)/t25-,27-,34-/m0/s1. The van der Waals surface area contributed by atoms with Gasteiger partial charge in [-0.15, -0.1) is 0 Å². The van der Waals surface area contributed by atoms with Crippen LogP contribution in [0.4, 0.5) is 0 Å². The van der Waals surface area contributed by atoms with Crippen LogP contribution >= 0.6 is 0 Å². The molecule has 4 aromatic rings. The first-order valence-electron chi connectivity index (χ1n) is 17.4. The number of likely N-dealkylation sites (tertiary alicyclic amines) is 1. The third kappa shape index (κ3) is 7.90. The molecule has 10 heteroatoms. The molecule has 2 N–H and O–H groups in total. The van der Waals surface area contributed by atoms with Crippen LogP contribution in [0.2, 0.25) is 0 Å². The molecule has 1 saturated carbocycles. The van der Waals surface area contributed by atoms with Gasteiger partial charge in [0.05, 0.1) is 23.2 Å². The van der Waals surface area contributed by atoms with E-state index in [0.717, 1.165) is 28.2 Å². The van der Waals surface area contributed by atoms with E-state index in [0.29, 0.717) is 17.3 Å². The van der Waals surface area contributed by atoms with Gasteiger partial charge in [-0.3, -0.25) is 19.1 Å². The number of aromatic nitrogens is 4. The molecular formula is C39H46N6O4. The third-order valence-corrected chi connectivity index (χ3v) is 10.1. The average Bonchev–Trinajstić information content (AvgIpc) is 3.60. The van der Waals surface area contributed by atoms with Gasteiger partial charge >= 0.3 is 5.97 Å². The summed E-state index contributed by atoms with van der Waals surface area (Å²) in [7, 11) is 0. The van der Waals surface area contributed by atoms with Gasteiger partial charge in [0, 0.05) is 49.2 Å². The van der Waals surface area contributed by atoms with Gasteiger partial charge in [-0.2, -0.15) is 5.10 Å². The SMILES string of the molecule is CC[C@H]1CC[C@H](c2ccc(-c3cnc(-c4ccc(C[C@H](NC(=O)c5cnn(C(C)(C)C)c5)C(=O)N5CC(C(=O)O)C5)cc4)nc3)cc2)CC1. The Labute approximate surface area is 288 Å². The van der Waals surface area contributed by atoms with Gasteiger partial charge in [0.25, 0.3) is 5.91 Å². The van der Waals surface area contributed by atoms with Gasteiger partial charge in [-0.25, -0.2) is 9.97 Å². The quantitative estimate of drug-likeness (QED) is 0.203. The van der Waals surface area contributed by atoms with E-state index < -0.39 is 23.8 Å². The van der Waals surface area contributed by atoms with Crippen LogP contribution < -0.4 is 5.32 Å². The van der Waals surface area contributed by atoms with E-state index in [1.807, 2.05) is 57.4 Å². The molecule has 256 valence electrons. The maximum atomic E-state index is 13.5. The Bertz CT molecular complexity index is 1760. The van der Waals surface area contributed by atoms with Gasteiger partial charge in [-0.1, -0.05) is 61.9 Å². The van der Waals surface area contributed by atoms with Crippen molar-refractivity contribution in [2.24, 2.45) is 11.8 Å². The summed E-state index contributed by atoms with van der Waals surface area (Å²) in [6.07, 6.45) is 13.6. The minimum atomic E-state index is -0.928. The first-order valence-corrected chi connectivity index (χ1v) is 17.4. The summed E-state index contributed by atoms with van der Waals surface area (Å²) in [6.45, 7) is 8.50. The van der Waals surface area contributed by atoms with Crippen molar-refractivity contribution >= 4 is 17.8 Å². The Morgan fingerprint density at radius 3 is 2.08 bits per heavy atom. The lowest BCUT2D eigenvalue weighted by atomic mass is 9.78. The van der Waals surface area contributed by atoms with Crippen LogP contribution in [0, 0.1) is 11.8 Å². The highest BCUT2D eigenvalue weighted by Crippen LogP contribution is 2.37. The maximum absolute atomic E-state index is 13.5. The molecule has 2 aromatic heterocycles. The number of benzene rings is 2. The molecule has 3 heterocycles. The molecule has 10 nitrogen and oxygen atoms in total. The molecule has 0 unspecified atom stereocenters. The van der Waals surface area contributed by atoms with Crippen molar-refractivity contribution in [2.45, 2.75) is 83.7 Å². The van der Waals surface area contributed by atoms with Crippen molar-refractivity contribution in [1.82, 2.24) is 30.0 Å². The number of carboxylic acids is 1. The topological polar surface area (TPSA) is 130 Å². The predicted octanol–water partition coefficient (Wildman–Crippen LogP) is 6.33. The zero-order valence-electron chi connectivity index (χ0n) is 28.8. The second-order valence-corrected chi connectivity index (χ2v) is 14.6. The van der Waals surface area contributed by atoms with Crippen molar-refractivity contribution in [1.29, 1.82) is 0 Å². The van der Waals surface area contributed by atoms with Crippen molar-refractivity contribution in [3.8, 4) is 22.5 Å². The van der Waals surface area contributed by atoms with Gasteiger partial charge in [-0.05, 0) is 75.0 Å². The Hall–Kier alpha value is -4.86. The number of nitrogens with one attached hydrogen (secondary N) is 1. The third-order valence-electron chi connectivity index (χ3n) is 10.1. The highest BCUT2D eigenvalue weighted by Gasteiger charge is 2.39. The summed E-state index contributed by atoms with van der Waals surface area (Å²) in [4.78, 5) is 48.8. The Kier molecular flexibility index (Phi) is 9.94.